The van der Waals surface area contributed by atoms with Crippen molar-refractivity contribution >= 4 is 45.6 Å². The average Bonchev–Trinajstić information content (AvgIpc) is 3.15. The van der Waals surface area contributed by atoms with Crippen molar-refractivity contribution in [2.24, 2.45) is 0 Å². The molecular formula is C25H24Cl2F2N4O3. The number of fused-ring (bicyclic) bond motifs is 3. The quantitative estimate of drug-likeness (QED) is 0.289. The molecule has 2 aliphatic heterocycles. The number of nitrogens with one attached hydrogen (secondary N) is 1. The summed E-state index contributed by atoms with van der Waals surface area (Å²) in [6.07, 6.45) is 4.82. The van der Waals surface area contributed by atoms with Gasteiger partial charge >= 0.3 is 0 Å². The van der Waals surface area contributed by atoms with Gasteiger partial charge in [0.1, 0.15) is 24.5 Å². The standard InChI is InChI=1S/C25H24Cl2F2N4O3/c1-3-19(34)33-12-4-5-13(33)9-14(8-12)36-24-18(35-2)10-17-20(23(24)29)25(31-11-30-17)32-16-7-6-15(26)21(27)22(16)28/h3,6-7,10-14,19,34H,1,4-5,8-9H2,2H3,(H,30,31,32)/t12-,13+,14?,19?. The molecule has 2 unspecified atom stereocenters. The number of rotatable bonds is 7. The van der Waals surface area contributed by atoms with Crippen molar-refractivity contribution in [2.75, 3.05) is 12.4 Å². The fraction of sp³-hybridized carbons (Fsp3) is 0.360. The lowest BCUT2D eigenvalue weighted by molar-refractivity contribution is -0.0436. The number of aliphatic hydroxyl groups excluding tert-OH is 1. The number of hydrogen-bond donors (Lipinski definition) is 2. The highest BCUT2D eigenvalue weighted by molar-refractivity contribution is 6.42. The van der Waals surface area contributed by atoms with Crippen LogP contribution in [0.5, 0.6) is 11.5 Å². The van der Waals surface area contributed by atoms with Gasteiger partial charge in [-0.25, -0.2) is 18.7 Å². The summed E-state index contributed by atoms with van der Waals surface area (Å²) in [4.78, 5) is 10.3. The molecule has 3 aromatic rings. The molecule has 36 heavy (non-hydrogen) atoms. The first-order valence-corrected chi connectivity index (χ1v) is 12.2. The highest BCUT2D eigenvalue weighted by atomic mass is 35.5. The van der Waals surface area contributed by atoms with Gasteiger partial charge in [0.25, 0.3) is 0 Å². The van der Waals surface area contributed by atoms with E-state index < -0.39 is 17.9 Å². The predicted octanol–water partition coefficient (Wildman–Crippen LogP) is 5.85. The second-order valence-electron chi connectivity index (χ2n) is 8.88. The second kappa shape index (κ2) is 9.97. The van der Waals surface area contributed by atoms with E-state index in [0.717, 1.165) is 12.8 Å². The first kappa shape index (κ1) is 25.0. The smallest absolute Gasteiger partial charge is 0.198 e. The molecule has 5 rings (SSSR count). The Balaban J connectivity index is 1.49. The van der Waals surface area contributed by atoms with Crippen LogP contribution in [0.25, 0.3) is 10.9 Å². The minimum Gasteiger partial charge on any atom is -0.493 e. The van der Waals surface area contributed by atoms with Gasteiger partial charge in [-0.1, -0.05) is 29.8 Å². The Morgan fingerprint density at radius 2 is 1.92 bits per heavy atom. The molecule has 0 radical (unpaired) electrons. The molecule has 2 N–H and O–H groups in total. The number of aliphatic hydroxyl groups is 1. The van der Waals surface area contributed by atoms with Crippen LogP contribution in [0.4, 0.5) is 20.3 Å². The average molecular weight is 537 g/mol. The maximum atomic E-state index is 16.0. The van der Waals surface area contributed by atoms with Gasteiger partial charge < -0.3 is 19.9 Å². The van der Waals surface area contributed by atoms with Crippen LogP contribution in [0, 0.1) is 11.6 Å². The Kier molecular flexibility index (Phi) is 6.91. The lowest BCUT2D eigenvalue weighted by Crippen LogP contribution is -2.50. The van der Waals surface area contributed by atoms with Gasteiger partial charge in [0.05, 0.1) is 33.7 Å². The van der Waals surface area contributed by atoms with Crippen molar-refractivity contribution in [1.29, 1.82) is 0 Å². The number of piperidine rings is 1. The molecule has 2 bridgehead atoms. The second-order valence-corrected chi connectivity index (χ2v) is 9.66. The maximum Gasteiger partial charge on any atom is 0.198 e. The molecule has 190 valence electrons. The first-order chi connectivity index (χ1) is 17.3. The summed E-state index contributed by atoms with van der Waals surface area (Å²) in [6.45, 7) is 3.69. The van der Waals surface area contributed by atoms with Crippen molar-refractivity contribution in [3.63, 3.8) is 0 Å². The normalized spacial score (nSPS) is 22.4. The third-order valence-corrected chi connectivity index (χ3v) is 7.62. The minimum atomic E-state index is -0.787. The topological polar surface area (TPSA) is 79.7 Å². The summed E-state index contributed by atoms with van der Waals surface area (Å²) in [5.41, 5.74) is 0.227. The Hall–Kier alpha value is -2.72. The summed E-state index contributed by atoms with van der Waals surface area (Å²) in [5, 5.41) is 12.9. The van der Waals surface area contributed by atoms with Crippen molar-refractivity contribution in [2.45, 2.75) is 50.1 Å². The number of halogens is 4. The lowest BCUT2D eigenvalue weighted by atomic mass is 9.99. The van der Waals surface area contributed by atoms with Crippen LogP contribution in [0.15, 0.2) is 37.2 Å². The number of anilines is 2. The number of methoxy groups -OCH3 is 1. The van der Waals surface area contributed by atoms with Crippen LogP contribution in [0.1, 0.15) is 25.7 Å². The highest BCUT2D eigenvalue weighted by Crippen LogP contribution is 2.43. The van der Waals surface area contributed by atoms with Crippen molar-refractivity contribution in [1.82, 2.24) is 14.9 Å². The molecule has 11 heteroatoms. The van der Waals surface area contributed by atoms with Gasteiger partial charge in [-0.2, -0.15) is 0 Å². The molecular weight excluding hydrogens is 513 g/mol. The Morgan fingerprint density at radius 3 is 2.58 bits per heavy atom. The summed E-state index contributed by atoms with van der Waals surface area (Å²) in [7, 11) is 1.42. The van der Waals surface area contributed by atoms with Gasteiger partial charge in [0.15, 0.2) is 23.1 Å². The zero-order chi connectivity index (χ0) is 25.6. The summed E-state index contributed by atoms with van der Waals surface area (Å²) < 4.78 is 42.3. The Morgan fingerprint density at radius 1 is 1.19 bits per heavy atom. The molecule has 2 fully saturated rings. The number of aromatic nitrogens is 2. The Bertz CT molecular complexity index is 1310. The summed E-state index contributed by atoms with van der Waals surface area (Å²) in [6, 6.07) is 4.58. The number of hydrogen-bond acceptors (Lipinski definition) is 7. The Labute approximate surface area is 216 Å². The van der Waals surface area contributed by atoms with E-state index in [1.807, 2.05) is 4.90 Å². The fourth-order valence-electron chi connectivity index (χ4n) is 5.22. The van der Waals surface area contributed by atoms with Crippen molar-refractivity contribution < 1.29 is 23.4 Å². The third-order valence-electron chi connectivity index (χ3n) is 6.84. The zero-order valence-electron chi connectivity index (χ0n) is 19.3. The van der Waals surface area contributed by atoms with E-state index in [1.54, 1.807) is 6.07 Å². The molecule has 0 spiro atoms. The van der Waals surface area contributed by atoms with Gasteiger partial charge in [-0.3, -0.25) is 4.90 Å². The fourth-order valence-corrected chi connectivity index (χ4v) is 5.53. The first-order valence-electron chi connectivity index (χ1n) is 11.5. The van der Waals surface area contributed by atoms with Crippen LogP contribution >= 0.6 is 23.2 Å². The van der Waals surface area contributed by atoms with Crippen LogP contribution < -0.4 is 14.8 Å². The largest absolute Gasteiger partial charge is 0.493 e. The minimum absolute atomic E-state index is 0.0151. The monoisotopic (exact) mass is 536 g/mol. The number of nitrogens with zero attached hydrogens (tertiary/aromatic N) is 3. The molecule has 0 saturated carbocycles. The maximum absolute atomic E-state index is 16.0. The van der Waals surface area contributed by atoms with E-state index in [0.29, 0.717) is 12.8 Å². The number of ether oxygens (including phenoxy) is 2. The van der Waals surface area contributed by atoms with E-state index >= 15 is 4.39 Å². The molecule has 3 heterocycles. The lowest BCUT2D eigenvalue weighted by Gasteiger charge is -2.40. The number of benzene rings is 2. The van der Waals surface area contributed by atoms with Crippen LogP contribution in [-0.4, -0.2) is 51.5 Å². The van der Waals surface area contributed by atoms with Crippen molar-refractivity contribution in [3.05, 3.63) is 58.9 Å². The summed E-state index contributed by atoms with van der Waals surface area (Å²) >= 11 is 11.8. The molecule has 2 saturated heterocycles. The van der Waals surface area contributed by atoms with E-state index in [1.165, 1.54) is 31.6 Å². The van der Waals surface area contributed by atoms with E-state index in [9.17, 15) is 9.50 Å². The van der Waals surface area contributed by atoms with E-state index in [-0.39, 0.29) is 62.1 Å². The summed E-state index contributed by atoms with van der Waals surface area (Å²) in [5.74, 6) is -1.36. The van der Waals surface area contributed by atoms with Crippen LogP contribution in [0.2, 0.25) is 10.0 Å². The van der Waals surface area contributed by atoms with E-state index in [2.05, 4.69) is 21.9 Å². The molecule has 2 aliphatic rings. The van der Waals surface area contributed by atoms with Gasteiger partial charge in [-0.15, -0.1) is 0 Å². The molecule has 1 aromatic heterocycles. The third kappa shape index (κ3) is 4.34. The van der Waals surface area contributed by atoms with Gasteiger partial charge in [0, 0.05) is 18.2 Å². The van der Waals surface area contributed by atoms with Crippen LogP contribution in [0.3, 0.4) is 0 Å². The molecule has 0 amide bonds. The molecule has 4 atom stereocenters. The highest BCUT2D eigenvalue weighted by Gasteiger charge is 2.44. The molecule has 7 nitrogen and oxygen atoms in total. The van der Waals surface area contributed by atoms with E-state index in [4.69, 9.17) is 32.7 Å². The van der Waals surface area contributed by atoms with Crippen molar-refractivity contribution in [3.8, 4) is 11.5 Å². The zero-order valence-corrected chi connectivity index (χ0v) is 20.9. The predicted molar refractivity (Wildman–Crippen MR) is 134 cm³/mol. The van der Waals surface area contributed by atoms with Gasteiger partial charge in [-0.05, 0) is 43.9 Å². The van der Waals surface area contributed by atoms with Gasteiger partial charge in [0.2, 0.25) is 0 Å². The molecule has 0 aliphatic carbocycles. The van der Waals surface area contributed by atoms with Crippen LogP contribution in [-0.2, 0) is 0 Å². The molecule has 2 aromatic carbocycles. The SMILES string of the molecule is C=CC(O)N1[C@@H]2CC[C@H]1CC(Oc1c(OC)cc3ncnc(Nc4ccc(Cl)c(Cl)c4F)c3c1F)C2.